The van der Waals surface area contributed by atoms with Crippen molar-refractivity contribution in [1.29, 1.82) is 0 Å². The van der Waals surface area contributed by atoms with Crippen LogP contribution in [-0.2, 0) is 17.8 Å². The Morgan fingerprint density at radius 1 is 1.20 bits per heavy atom. The van der Waals surface area contributed by atoms with Crippen LogP contribution in [0.3, 0.4) is 0 Å². The third kappa shape index (κ3) is 4.78. The molecule has 0 radical (unpaired) electrons. The van der Waals surface area contributed by atoms with Gasteiger partial charge in [-0.3, -0.25) is 14.3 Å². The molecule has 1 amide bonds. The maximum absolute atomic E-state index is 12.3. The highest BCUT2D eigenvalue weighted by Gasteiger charge is 2.15. The van der Waals surface area contributed by atoms with Gasteiger partial charge < -0.3 is 5.32 Å². The van der Waals surface area contributed by atoms with Crippen molar-refractivity contribution in [2.24, 2.45) is 5.92 Å². The number of rotatable bonds is 7. The van der Waals surface area contributed by atoms with Gasteiger partial charge in [0.05, 0.1) is 11.4 Å². The van der Waals surface area contributed by atoms with E-state index in [0.29, 0.717) is 30.0 Å². The zero-order valence-electron chi connectivity index (χ0n) is 15.7. The summed E-state index contributed by atoms with van der Waals surface area (Å²) in [5.41, 5.74) is 4.35. The predicted octanol–water partition coefficient (Wildman–Crippen LogP) is 3.93. The molecule has 2 rings (SSSR count). The number of Topliss-reactive ketones (excluding diaryl/α,β-unsaturated/α-hetero) is 1. The fraction of sp³-hybridized carbons (Fsp3) is 0.450. The Morgan fingerprint density at radius 3 is 2.52 bits per heavy atom. The van der Waals surface area contributed by atoms with Gasteiger partial charge in [0.1, 0.15) is 0 Å². The largest absolute Gasteiger partial charge is 0.325 e. The molecule has 1 aromatic heterocycles. The minimum Gasteiger partial charge on any atom is -0.325 e. The van der Waals surface area contributed by atoms with Crippen molar-refractivity contribution in [1.82, 2.24) is 9.78 Å². The summed E-state index contributed by atoms with van der Waals surface area (Å²) in [7, 11) is 0. The first kappa shape index (κ1) is 18.9. The Balaban J connectivity index is 2.04. The summed E-state index contributed by atoms with van der Waals surface area (Å²) in [6.45, 7) is 10.8. The van der Waals surface area contributed by atoms with Gasteiger partial charge in [-0.15, -0.1) is 0 Å². The molecule has 0 unspecified atom stereocenters. The second-order valence-corrected chi connectivity index (χ2v) is 6.88. The van der Waals surface area contributed by atoms with E-state index in [0.717, 1.165) is 23.5 Å². The maximum atomic E-state index is 12.3. The van der Waals surface area contributed by atoms with E-state index < -0.39 is 0 Å². The third-order valence-electron chi connectivity index (χ3n) is 4.25. The standard InChI is InChI=1S/C20H27N3O2/c1-13(2)12-23-15(4)17(14(3)22-23)10-11-20(25)21-19-9-7-6-8-18(19)16(5)24/h6-9,13H,10-12H2,1-5H3,(H,21,25). The first-order chi connectivity index (χ1) is 11.8. The van der Waals surface area contributed by atoms with E-state index in [4.69, 9.17) is 0 Å². The molecule has 5 heteroatoms. The molecular formula is C20H27N3O2. The van der Waals surface area contributed by atoms with Gasteiger partial charge in [0.2, 0.25) is 5.91 Å². The molecular weight excluding hydrogens is 314 g/mol. The summed E-state index contributed by atoms with van der Waals surface area (Å²) < 4.78 is 2.03. The first-order valence-corrected chi connectivity index (χ1v) is 8.72. The molecule has 0 saturated carbocycles. The Hall–Kier alpha value is -2.43. The highest BCUT2D eigenvalue weighted by Crippen LogP contribution is 2.19. The molecule has 0 spiro atoms. The van der Waals surface area contributed by atoms with Crippen LogP contribution >= 0.6 is 0 Å². The van der Waals surface area contributed by atoms with Crippen molar-refractivity contribution in [3.63, 3.8) is 0 Å². The number of nitrogens with zero attached hydrogens (tertiary/aromatic N) is 2. The predicted molar refractivity (Wildman–Crippen MR) is 99.9 cm³/mol. The molecule has 25 heavy (non-hydrogen) atoms. The topological polar surface area (TPSA) is 64.0 Å². The normalized spacial score (nSPS) is 11.0. The highest BCUT2D eigenvalue weighted by atomic mass is 16.1. The van der Waals surface area contributed by atoms with Crippen LogP contribution in [0.2, 0.25) is 0 Å². The number of carbonyl (C=O) groups is 2. The zero-order chi connectivity index (χ0) is 18.6. The van der Waals surface area contributed by atoms with Crippen LogP contribution in [0.25, 0.3) is 0 Å². The van der Waals surface area contributed by atoms with E-state index in [9.17, 15) is 9.59 Å². The van der Waals surface area contributed by atoms with Gasteiger partial charge in [0, 0.05) is 24.2 Å². The number of hydrogen-bond donors (Lipinski definition) is 1. The Morgan fingerprint density at radius 2 is 1.88 bits per heavy atom. The molecule has 0 aliphatic rings. The fourth-order valence-corrected chi connectivity index (χ4v) is 2.97. The number of benzene rings is 1. The van der Waals surface area contributed by atoms with E-state index in [-0.39, 0.29) is 11.7 Å². The lowest BCUT2D eigenvalue weighted by Gasteiger charge is -2.10. The number of nitrogens with one attached hydrogen (secondary N) is 1. The molecule has 134 valence electrons. The van der Waals surface area contributed by atoms with E-state index in [2.05, 4.69) is 31.2 Å². The van der Waals surface area contributed by atoms with Gasteiger partial charge >= 0.3 is 0 Å². The number of para-hydroxylation sites is 1. The highest BCUT2D eigenvalue weighted by molar-refractivity contribution is 6.03. The number of aromatic nitrogens is 2. The number of carbonyl (C=O) groups excluding carboxylic acids is 2. The summed E-state index contributed by atoms with van der Waals surface area (Å²) in [6, 6.07) is 7.09. The number of hydrogen-bond acceptors (Lipinski definition) is 3. The Bertz CT molecular complexity index is 775. The van der Waals surface area contributed by atoms with Crippen molar-refractivity contribution in [3.8, 4) is 0 Å². The summed E-state index contributed by atoms with van der Waals surface area (Å²) in [6.07, 6.45) is 1.01. The second-order valence-electron chi connectivity index (χ2n) is 6.88. The molecule has 5 nitrogen and oxygen atoms in total. The molecule has 0 aliphatic carbocycles. The minimum absolute atomic E-state index is 0.0578. The molecule has 1 N–H and O–H groups in total. The van der Waals surface area contributed by atoms with Gasteiger partial charge in [0.25, 0.3) is 0 Å². The summed E-state index contributed by atoms with van der Waals surface area (Å²) in [5.74, 6) is 0.374. The monoisotopic (exact) mass is 341 g/mol. The molecule has 0 fully saturated rings. The Kier molecular flexibility index (Phi) is 6.12. The van der Waals surface area contributed by atoms with E-state index in [1.165, 1.54) is 6.92 Å². The van der Waals surface area contributed by atoms with Gasteiger partial charge in [-0.25, -0.2) is 0 Å². The summed E-state index contributed by atoms with van der Waals surface area (Å²) >= 11 is 0. The first-order valence-electron chi connectivity index (χ1n) is 8.72. The number of anilines is 1. The van der Waals surface area contributed by atoms with E-state index in [1.54, 1.807) is 18.2 Å². The third-order valence-corrected chi connectivity index (χ3v) is 4.25. The van der Waals surface area contributed by atoms with E-state index >= 15 is 0 Å². The quantitative estimate of drug-likeness (QED) is 0.776. The molecule has 0 aliphatic heterocycles. The van der Waals surface area contributed by atoms with Crippen molar-refractivity contribution in [2.45, 2.75) is 54.0 Å². The van der Waals surface area contributed by atoms with Crippen LogP contribution in [-0.4, -0.2) is 21.5 Å². The van der Waals surface area contributed by atoms with Gasteiger partial charge in [-0.05, 0) is 50.8 Å². The lowest BCUT2D eigenvalue weighted by molar-refractivity contribution is -0.116. The molecule has 1 heterocycles. The lowest BCUT2D eigenvalue weighted by atomic mass is 10.1. The van der Waals surface area contributed by atoms with Crippen molar-refractivity contribution in [3.05, 3.63) is 46.8 Å². The van der Waals surface area contributed by atoms with Crippen LogP contribution in [0.1, 0.15) is 54.5 Å². The lowest BCUT2D eigenvalue weighted by Crippen LogP contribution is -2.15. The molecule has 0 bridgehead atoms. The molecule has 0 saturated heterocycles. The van der Waals surface area contributed by atoms with Crippen molar-refractivity contribution >= 4 is 17.4 Å². The van der Waals surface area contributed by atoms with Crippen LogP contribution in [0.15, 0.2) is 24.3 Å². The second kappa shape index (κ2) is 8.10. The number of ketones is 1. The number of aryl methyl sites for hydroxylation is 1. The molecule has 1 aromatic carbocycles. The summed E-state index contributed by atoms with van der Waals surface area (Å²) in [4.78, 5) is 24.0. The average Bonchev–Trinajstić information content (AvgIpc) is 2.79. The minimum atomic E-state index is -0.0934. The SMILES string of the molecule is CC(=O)c1ccccc1NC(=O)CCc1c(C)nn(CC(C)C)c1C. The smallest absolute Gasteiger partial charge is 0.224 e. The molecule has 0 atom stereocenters. The van der Waals surface area contributed by atoms with Crippen LogP contribution in [0.4, 0.5) is 5.69 Å². The Labute approximate surface area is 149 Å². The van der Waals surface area contributed by atoms with Gasteiger partial charge in [-0.2, -0.15) is 5.10 Å². The summed E-state index contributed by atoms with van der Waals surface area (Å²) in [5, 5.41) is 7.44. The van der Waals surface area contributed by atoms with Crippen molar-refractivity contribution in [2.75, 3.05) is 5.32 Å². The van der Waals surface area contributed by atoms with Gasteiger partial charge in [-0.1, -0.05) is 26.0 Å². The van der Waals surface area contributed by atoms with Gasteiger partial charge in [0.15, 0.2) is 5.78 Å². The van der Waals surface area contributed by atoms with Crippen LogP contribution in [0.5, 0.6) is 0 Å². The fourth-order valence-electron chi connectivity index (χ4n) is 2.97. The van der Waals surface area contributed by atoms with Crippen molar-refractivity contribution < 1.29 is 9.59 Å². The van der Waals surface area contributed by atoms with Crippen LogP contribution in [0, 0.1) is 19.8 Å². The molecule has 2 aromatic rings. The van der Waals surface area contributed by atoms with Crippen LogP contribution < -0.4 is 5.32 Å². The number of amides is 1. The average molecular weight is 341 g/mol. The zero-order valence-corrected chi connectivity index (χ0v) is 15.7. The van der Waals surface area contributed by atoms with E-state index in [1.807, 2.05) is 17.7 Å². The maximum Gasteiger partial charge on any atom is 0.224 e.